The normalized spacial score (nSPS) is 10.1. The van der Waals surface area contributed by atoms with Gasteiger partial charge in [-0.05, 0) is 36.4 Å². The number of benzene rings is 2. The number of carbonyl (C=O) groups excluding carboxylic acids is 1. The average molecular weight is 381 g/mol. The van der Waals surface area contributed by atoms with Crippen molar-refractivity contribution in [3.63, 3.8) is 0 Å². The molecule has 0 radical (unpaired) electrons. The SMILES string of the molecule is COc1ccc(Oc2ncnc(NNC(=O)c3ccccc3OC)c2N)cc1. The number of hydrogen-bond acceptors (Lipinski definition) is 8. The summed E-state index contributed by atoms with van der Waals surface area (Å²) in [5.41, 5.74) is 11.8. The molecule has 0 saturated heterocycles. The number of carbonyl (C=O) groups is 1. The highest BCUT2D eigenvalue weighted by molar-refractivity contribution is 5.97. The summed E-state index contributed by atoms with van der Waals surface area (Å²) in [5, 5.41) is 0. The van der Waals surface area contributed by atoms with Crippen molar-refractivity contribution in [2.45, 2.75) is 0 Å². The maximum absolute atomic E-state index is 12.4. The Bertz CT molecular complexity index is 963. The highest BCUT2D eigenvalue weighted by atomic mass is 16.5. The van der Waals surface area contributed by atoms with Gasteiger partial charge in [-0.2, -0.15) is 4.98 Å². The Morgan fingerprint density at radius 3 is 2.39 bits per heavy atom. The van der Waals surface area contributed by atoms with Crippen LogP contribution in [0.4, 0.5) is 11.5 Å². The summed E-state index contributed by atoms with van der Waals surface area (Å²) in [4.78, 5) is 20.4. The van der Waals surface area contributed by atoms with Crippen LogP contribution in [-0.4, -0.2) is 30.1 Å². The average Bonchev–Trinajstić information content (AvgIpc) is 2.74. The molecule has 1 heterocycles. The molecule has 9 heteroatoms. The molecule has 1 aromatic heterocycles. The lowest BCUT2D eigenvalue weighted by Crippen LogP contribution is -2.30. The van der Waals surface area contributed by atoms with Gasteiger partial charge in [0.1, 0.15) is 29.3 Å². The number of nitrogens with two attached hydrogens (primary N) is 1. The third-order valence-corrected chi connectivity index (χ3v) is 3.77. The number of anilines is 2. The summed E-state index contributed by atoms with van der Waals surface area (Å²) in [7, 11) is 3.07. The number of ether oxygens (including phenoxy) is 3. The zero-order valence-electron chi connectivity index (χ0n) is 15.3. The Balaban J connectivity index is 1.71. The summed E-state index contributed by atoms with van der Waals surface area (Å²) < 4.78 is 16.0. The van der Waals surface area contributed by atoms with E-state index >= 15 is 0 Å². The van der Waals surface area contributed by atoms with Crippen molar-refractivity contribution in [2.75, 3.05) is 25.4 Å². The number of hydrazine groups is 1. The fourth-order valence-electron chi connectivity index (χ4n) is 2.33. The van der Waals surface area contributed by atoms with E-state index in [0.29, 0.717) is 22.8 Å². The molecule has 28 heavy (non-hydrogen) atoms. The van der Waals surface area contributed by atoms with Crippen LogP contribution < -0.4 is 30.8 Å². The fraction of sp³-hybridized carbons (Fsp3) is 0.105. The van der Waals surface area contributed by atoms with Crippen molar-refractivity contribution in [1.29, 1.82) is 0 Å². The standard InChI is InChI=1S/C19H19N5O4/c1-26-12-7-9-13(10-8-12)28-19-16(20)17(21-11-22-19)23-24-18(25)14-5-3-4-6-15(14)27-2/h3-11H,20H2,1-2H3,(H,24,25)(H,21,22,23). The second-order valence-electron chi connectivity index (χ2n) is 5.50. The smallest absolute Gasteiger partial charge is 0.273 e. The zero-order valence-corrected chi connectivity index (χ0v) is 15.3. The van der Waals surface area contributed by atoms with E-state index in [0.717, 1.165) is 0 Å². The highest BCUT2D eigenvalue weighted by Crippen LogP contribution is 2.29. The van der Waals surface area contributed by atoms with Gasteiger partial charge >= 0.3 is 0 Å². The van der Waals surface area contributed by atoms with Gasteiger partial charge in [0.25, 0.3) is 5.91 Å². The van der Waals surface area contributed by atoms with Gasteiger partial charge in [-0.1, -0.05) is 12.1 Å². The highest BCUT2D eigenvalue weighted by Gasteiger charge is 2.14. The van der Waals surface area contributed by atoms with Crippen LogP contribution in [0.2, 0.25) is 0 Å². The van der Waals surface area contributed by atoms with Gasteiger partial charge in [0.05, 0.1) is 19.8 Å². The first-order valence-electron chi connectivity index (χ1n) is 8.24. The number of para-hydroxylation sites is 1. The number of nitrogen functional groups attached to an aromatic ring is 1. The summed E-state index contributed by atoms with van der Waals surface area (Å²) in [6, 6.07) is 13.8. The lowest BCUT2D eigenvalue weighted by Gasteiger charge is -2.13. The second-order valence-corrected chi connectivity index (χ2v) is 5.50. The van der Waals surface area contributed by atoms with Crippen molar-refractivity contribution >= 4 is 17.4 Å². The number of amides is 1. The number of hydrogen-bond donors (Lipinski definition) is 3. The van der Waals surface area contributed by atoms with Crippen LogP contribution in [0.15, 0.2) is 54.9 Å². The lowest BCUT2D eigenvalue weighted by atomic mass is 10.2. The topological polar surface area (TPSA) is 121 Å². The van der Waals surface area contributed by atoms with Gasteiger partial charge < -0.3 is 19.9 Å². The van der Waals surface area contributed by atoms with Gasteiger partial charge in [-0.3, -0.25) is 15.6 Å². The molecule has 0 aliphatic carbocycles. The molecule has 0 unspecified atom stereocenters. The molecule has 144 valence electrons. The van der Waals surface area contributed by atoms with Crippen LogP contribution in [0.5, 0.6) is 23.1 Å². The van der Waals surface area contributed by atoms with Crippen molar-refractivity contribution in [2.24, 2.45) is 0 Å². The van der Waals surface area contributed by atoms with E-state index in [4.69, 9.17) is 19.9 Å². The van der Waals surface area contributed by atoms with E-state index < -0.39 is 5.91 Å². The molecule has 2 aromatic carbocycles. The van der Waals surface area contributed by atoms with Crippen LogP contribution >= 0.6 is 0 Å². The molecule has 0 aliphatic rings. The quantitative estimate of drug-likeness (QED) is 0.534. The van der Waals surface area contributed by atoms with Crippen LogP contribution in [0, 0.1) is 0 Å². The fourth-order valence-corrected chi connectivity index (χ4v) is 2.33. The van der Waals surface area contributed by atoms with Gasteiger partial charge in [-0.25, -0.2) is 4.98 Å². The van der Waals surface area contributed by atoms with Crippen LogP contribution in [-0.2, 0) is 0 Å². The van der Waals surface area contributed by atoms with Crippen LogP contribution in [0.1, 0.15) is 10.4 Å². The van der Waals surface area contributed by atoms with Gasteiger partial charge in [-0.15, -0.1) is 0 Å². The monoisotopic (exact) mass is 381 g/mol. The molecule has 1 amide bonds. The third kappa shape index (κ3) is 4.21. The van der Waals surface area contributed by atoms with Gasteiger partial charge in [0.15, 0.2) is 5.82 Å². The molecule has 3 aromatic rings. The number of aromatic nitrogens is 2. The second kappa shape index (κ2) is 8.58. The van der Waals surface area contributed by atoms with Crippen LogP contribution in [0.25, 0.3) is 0 Å². The van der Waals surface area contributed by atoms with Gasteiger partial charge in [0, 0.05) is 0 Å². The Morgan fingerprint density at radius 2 is 1.68 bits per heavy atom. The van der Waals surface area contributed by atoms with Gasteiger partial charge in [0.2, 0.25) is 5.88 Å². The summed E-state index contributed by atoms with van der Waals surface area (Å²) in [5.74, 6) is 1.60. The Hall–Kier alpha value is -4.01. The summed E-state index contributed by atoms with van der Waals surface area (Å²) >= 11 is 0. The molecule has 0 saturated carbocycles. The molecule has 0 fully saturated rings. The van der Waals surface area contributed by atoms with Crippen LogP contribution in [0.3, 0.4) is 0 Å². The van der Waals surface area contributed by atoms with Crippen molar-refractivity contribution in [3.8, 4) is 23.1 Å². The number of methoxy groups -OCH3 is 2. The molecule has 0 spiro atoms. The minimum atomic E-state index is -0.409. The molecule has 0 bridgehead atoms. The van der Waals surface area contributed by atoms with E-state index in [9.17, 15) is 4.79 Å². The zero-order chi connectivity index (χ0) is 19.9. The maximum Gasteiger partial charge on any atom is 0.273 e. The van der Waals surface area contributed by atoms with Crippen molar-refractivity contribution in [1.82, 2.24) is 15.4 Å². The largest absolute Gasteiger partial charge is 0.497 e. The third-order valence-electron chi connectivity index (χ3n) is 3.77. The molecule has 4 N–H and O–H groups in total. The molecular weight excluding hydrogens is 362 g/mol. The lowest BCUT2D eigenvalue weighted by molar-refractivity contribution is 0.0959. The Kier molecular flexibility index (Phi) is 5.75. The number of rotatable bonds is 7. The number of nitrogens with one attached hydrogen (secondary N) is 2. The van der Waals surface area contributed by atoms with E-state index in [-0.39, 0.29) is 17.4 Å². The molecular formula is C19H19N5O4. The molecule has 0 aliphatic heterocycles. The van der Waals surface area contributed by atoms with E-state index in [1.807, 2.05) is 0 Å². The Labute approximate surface area is 161 Å². The first kappa shape index (κ1) is 18.8. The van der Waals surface area contributed by atoms with E-state index in [2.05, 4.69) is 20.8 Å². The first-order valence-corrected chi connectivity index (χ1v) is 8.24. The predicted octanol–water partition coefficient (Wildman–Crippen LogP) is 2.63. The van der Waals surface area contributed by atoms with E-state index in [1.54, 1.807) is 55.6 Å². The summed E-state index contributed by atoms with van der Waals surface area (Å²) in [6.07, 6.45) is 1.27. The number of nitrogens with zero attached hydrogens (tertiary/aromatic N) is 2. The molecule has 0 atom stereocenters. The Morgan fingerprint density at radius 1 is 0.964 bits per heavy atom. The first-order chi connectivity index (χ1) is 13.6. The summed E-state index contributed by atoms with van der Waals surface area (Å²) in [6.45, 7) is 0. The predicted molar refractivity (Wildman–Crippen MR) is 104 cm³/mol. The minimum absolute atomic E-state index is 0.138. The maximum atomic E-state index is 12.4. The molecule has 9 nitrogen and oxygen atoms in total. The minimum Gasteiger partial charge on any atom is -0.497 e. The van der Waals surface area contributed by atoms with Crippen molar-refractivity contribution < 1.29 is 19.0 Å². The molecule has 3 rings (SSSR count). The van der Waals surface area contributed by atoms with E-state index in [1.165, 1.54) is 13.4 Å². The van der Waals surface area contributed by atoms with Crippen molar-refractivity contribution in [3.05, 3.63) is 60.4 Å².